The molecule has 1 N–H and O–H groups in total. The van der Waals surface area contributed by atoms with Crippen LogP contribution in [0.3, 0.4) is 0 Å². The number of rotatable bonds is 6. The molecule has 100 valence electrons. The zero-order valence-corrected chi connectivity index (χ0v) is 12.0. The monoisotopic (exact) mass is 289 g/mol. The molecule has 0 bridgehead atoms. The van der Waals surface area contributed by atoms with Crippen LogP contribution in [0.4, 0.5) is 0 Å². The Kier molecular flexibility index (Phi) is 6.30. The predicted molar refractivity (Wildman–Crippen MR) is 74.4 cm³/mol. The molecule has 1 aromatic carbocycles. The summed E-state index contributed by atoms with van der Waals surface area (Å²) in [5, 5.41) is 3.72. The second-order valence-corrected chi connectivity index (χ2v) is 5.24. The first kappa shape index (κ1) is 15.1. The summed E-state index contributed by atoms with van der Waals surface area (Å²) < 4.78 is 5.31. The number of nitrogens with one attached hydrogen (secondary N) is 1. The standard InChI is InChI=1S/C13H17Cl2NO2/c1-9(2)5-6-16-13(17)8-18-12-4-3-10(14)7-11(12)15/h3-4,7,9H,5-6,8H2,1-2H3,(H,16,17). The van der Waals surface area contributed by atoms with Gasteiger partial charge in [-0.3, -0.25) is 4.79 Å². The van der Waals surface area contributed by atoms with E-state index in [0.717, 1.165) is 6.42 Å². The molecule has 0 atom stereocenters. The van der Waals surface area contributed by atoms with E-state index in [1.165, 1.54) is 0 Å². The van der Waals surface area contributed by atoms with Crippen LogP contribution in [0, 0.1) is 5.92 Å². The Morgan fingerprint density at radius 2 is 2.11 bits per heavy atom. The Balaban J connectivity index is 2.33. The van der Waals surface area contributed by atoms with Gasteiger partial charge in [0.15, 0.2) is 6.61 Å². The van der Waals surface area contributed by atoms with Crippen molar-refractivity contribution in [2.24, 2.45) is 5.92 Å². The summed E-state index contributed by atoms with van der Waals surface area (Å²) >= 11 is 11.7. The lowest BCUT2D eigenvalue weighted by atomic mass is 10.1. The summed E-state index contributed by atoms with van der Waals surface area (Å²) in [6, 6.07) is 4.89. The second kappa shape index (κ2) is 7.49. The second-order valence-electron chi connectivity index (χ2n) is 4.40. The molecule has 1 rings (SSSR count). The van der Waals surface area contributed by atoms with Crippen LogP contribution in [0.25, 0.3) is 0 Å². The van der Waals surface area contributed by atoms with Crippen molar-refractivity contribution in [3.63, 3.8) is 0 Å². The SMILES string of the molecule is CC(C)CCNC(=O)COc1ccc(Cl)cc1Cl. The Morgan fingerprint density at radius 3 is 2.72 bits per heavy atom. The van der Waals surface area contributed by atoms with Crippen molar-refractivity contribution in [3.8, 4) is 5.75 Å². The van der Waals surface area contributed by atoms with E-state index in [4.69, 9.17) is 27.9 Å². The van der Waals surface area contributed by atoms with E-state index >= 15 is 0 Å². The zero-order valence-electron chi connectivity index (χ0n) is 10.5. The molecule has 3 nitrogen and oxygen atoms in total. The van der Waals surface area contributed by atoms with Gasteiger partial charge in [-0.15, -0.1) is 0 Å². The number of carbonyl (C=O) groups excluding carboxylic acids is 1. The van der Waals surface area contributed by atoms with Crippen molar-refractivity contribution in [3.05, 3.63) is 28.2 Å². The fourth-order valence-corrected chi connectivity index (χ4v) is 1.75. The molecule has 0 aliphatic heterocycles. The Morgan fingerprint density at radius 1 is 1.39 bits per heavy atom. The smallest absolute Gasteiger partial charge is 0.257 e. The minimum absolute atomic E-state index is 0.0422. The fourth-order valence-electron chi connectivity index (χ4n) is 1.29. The predicted octanol–water partition coefficient (Wildman–Crippen LogP) is 3.53. The first-order chi connectivity index (χ1) is 8.49. The summed E-state index contributed by atoms with van der Waals surface area (Å²) in [5.74, 6) is 0.874. The van der Waals surface area contributed by atoms with Crippen molar-refractivity contribution in [1.82, 2.24) is 5.32 Å². The number of hydrogen-bond acceptors (Lipinski definition) is 2. The minimum Gasteiger partial charge on any atom is -0.482 e. The number of halogens is 2. The largest absolute Gasteiger partial charge is 0.482 e. The Hall–Kier alpha value is -0.930. The summed E-state index contributed by atoms with van der Waals surface area (Å²) in [4.78, 5) is 11.5. The van der Waals surface area contributed by atoms with E-state index in [9.17, 15) is 4.79 Å². The molecule has 0 unspecified atom stereocenters. The number of ether oxygens (including phenoxy) is 1. The summed E-state index contributed by atoms with van der Waals surface area (Å²) in [7, 11) is 0. The first-order valence-electron chi connectivity index (χ1n) is 5.83. The number of carbonyl (C=O) groups is 1. The quantitative estimate of drug-likeness (QED) is 0.870. The van der Waals surface area contributed by atoms with Crippen LogP contribution in [-0.4, -0.2) is 19.1 Å². The minimum atomic E-state index is -0.151. The number of hydrogen-bond donors (Lipinski definition) is 1. The summed E-state index contributed by atoms with van der Waals surface area (Å²) in [6.07, 6.45) is 0.952. The summed E-state index contributed by atoms with van der Waals surface area (Å²) in [5.41, 5.74) is 0. The van der Waals surface area contributed by atoms with Crippen molar-refractivity contribution < 1.29 is 9.53 Å². The lowest BCUT2D eigenvalue weighted by Gasteiger charge is -2.09. The maximum atomic E-state index is 11.5. The lowest BCUT2D eigenvalue weighted by Crippen LogP contribution is -2.30. The third-order valence-electron chi connectivity index (χ3n) is 2.30. The molecule has 1 amide bonds. The molecule has 0 fully saturated rings. The van der Waals surface area contributed by atoms with Gasteiger partial charge < -0.3 is 10.1 Å². The highest BCUT2D eigenvalue weighted by Gasteiger charge is 2.06. The van der Waals surface area contributed by atoms with Crippen molar-refractivity contribution in [2.75, 3.05) is 13.2 Å². The molecule has 0 heterocycles. The molecule has 0 saturated heterocycles. The maximum absolute atomic E-state index is 11.5. The Labute approximate surface area is 117 Å². The van der Waals surface area contributed by atoms with Crippen molar-refractivity contribution in [1.29, 1.82) is 0 Å². The molecule has 1 aromatic rings. The van der Waals surface area contributed by atoms with Crippen LogP contribution < -0.4 is 10.1 Å². The molecule has 0 aromatic heterocycles. The van der Waals surface area contributed by atoms with E-state index < -0.39 is 0 Å². The molecule has 18 heavy (non-hydrogen) atoms. The van der Waals surface area contributed by atoms with E-state index in [1.807, 2.05) is 0 Å². The van der Waals surface area contributed by atoms with Gasteiger partial charge in [0.1, 0.15) is 5.75 Å². The molecule has 5 heteroatoms. The zero-order chi connectivity index (χ0) is 13.5. The van der Waals surface area contributed by atoms with Gasteiger partial charge in [0.25, 0.3) is 5.91 Å². The van der Waals surface area contributed by atoms with E-state index in [0.29, 0.717) is 28.3 Å². The van der Waals surface area contributed by atoms with Crippen molar-refractivity contribution >= 4 is 29.1 Å². The van der Waals surface area contributed by atoms with Crippen LogP contribution in [0.5, 0.6) is 5.75 Å². The van der Waals surface area contributed by atoms with Gasteiger partial charge in [-0.2, -0.15) is 0 Å². The van der Waals surface area contributed by atoms with E-state index in [2.05, 4.69) is 19.2 Å². The number of benzene rings is 1. The molecule has 0 saturated carbocycles. The highest BCUT2D eigenvalue weighted by atomic mass is 35.5. The third-order valence-corrected chi connectivity index (χ3v) is 2.83. The summed E-state index contributed by atoms with van der Waals surface area (Å²) in [6.45, 7) is 4.83. The van der Waals surface area contributed by atoms with Gasteiger partial charge in [0.05, 0.1) is 5.02 Å². The molecule has 0 spiro atoms. The van der Waals surface area contributed by atoms with Gasteiger partial charge in [-0.25, -0.2) is 0 Å². The Bertz CT molecular complexity index is 408. The van der Waals surface area contributed by atoms with Gasteiger partial charge >= 0.3 is 0 Å². The topological polar surface area (TPSA) is 38.3 Å². The highest BCUT2D eigenvalue weighted by Crippen LogP contribution is 2.27. The van der Waals surface area contributed by atoms with Crippen LogP contribution in [-0.2, 0) is 4.79 Å². The average molecular weight is 290 g/mol. The normalized spacial score (nSPS) is 10.5. The van der Waals surface area contributed by atoms with Crippen LogP contribution >= 0.6 is 23.2 Å². The van der Waals surface area contributed by atoms with E-state index in [-0.39, 0.29) is 12.5 Å². The van der Waals surface area contributed by atoms with Crippen LogP contribution in [0.2, 0.25) is 10.0 Å². The van der Waals surface area contributed by atoms with Gasteiger partial charge in [0, 0.05) is 11.6 Å². The molecular formula is C13H17Cl2NO2. The maximum Gasteiger partial charge on any atom is 0.257 e. The molecule has 0 aliphatic carbocycles. The van der Waals surface area contributed by atoms with Crippen molar-refractivity contribution in [2.45, 2.75) is 20.3 Å². The van der Waals surface area contributed by atoms with Gasteiger partial charge in [0.2, 0.25) is 0 Å². The molecular weight excluding hydrogens is 273 g/mol. The number of amides is 1. The van der Waals surface area contributed by atoms with Gasteiger partial charge in [-0.05, 0) is 30.5 Å². The lowest BCUT2D eigenvalue weighted by molar-refractivity contribution is -0.123. The fraction of sp³-hybridized carbons (Fsp3) is 0.462. The third kappa shape index (κ3) is 5.61. The average Bonchev–Trinajstić information content (AvgIpc) is 2.27. The first-order valence-corrected chi connectivity index (χ1v) is 6.59. The van der Waals surface area contributed by atoms with Crippen LogP contribution in [0.1, 0.15) is 20.3 Å². The van der Waals surface area contributed by atoms with E-state index in [1.54, 1.807) is 18.2 Å². The van der Waals surface area contributed by atoms with Crippen LogP contribution in [0.15, 0.2) is 18.2 Å². The highest BCUT2D eigenvalue weighted by molar-refractivity contribution is 6.35. The molecule has 0 aliphatic rings. The van der Waals surface area contributed by atoms with Gasteiger partial charge in [-0.1, -0.05) is 37.0 Å². The molecule has 0 radical (unpaired) electrons.